The number of aryl methyl sites for hydroxylation is 1. The molecule has 2 aliphatic rings. The topological polar surface area (TPSA) is 71.2 Å². The van der Waals surface area contributed by atoms with Crippen molar-refractivity contribution in [1.29, 1.82) is 0 Å². The van der Waals surface area contributed by atoms with Gasteiger partial charge in [0.05, 0.1) is 18.2 Å². The van der Waals surface area contributed by atoms with Crippen LogP contribution in [0, 0.1) is 6.92 Å². The normalized spacial score (nSPS) is 24.1. The Balaban J connectivity index is 1.64. The van der Waals surface area contributed by atoms with Crippen LogP contribution in [0.4, 0.5) is 0 Å². The smallest absolute Gasteiger partial charge is 0.268 e. The van der Waals surface area contributed by atoms with E-state index in [0.717, 1.165) is 19.3 Å². The number of carbonyl (C=O) groups is 1. The van der Waals surface area contributed by atoms with Crippen molar-refractivity contribution in [2.24, 2.45) is 0 Å². The molecule has 3 rings (SSSR count). The Kier molecular flexibility index (Phi) is 3.85. The number of carbonyl (C=O) groups excluding carboxylic acids is 1. The highest BCUT2D eigenvalue weighted by Crippen LogP contribution is 2.39. The highest BCUT2D eigenvalue weighted by atomic mass is 16.5. The number of hydrogen-bond acceptors (Lipinski definition) is 3. The van der Waals surface area contributed by atoms with E-state index in [1.807, 2.05) is 0 Å². The maximum absolute atomic E-state index is 12.2. The van der Waals surface area contributed by atoms with Gasteiger partial charge in [0.2, 0.25) is 0 Å². The van der Waals surface area contributed by atoms with Gasteiger partial charge in [-0.25, -0.2) is 0 Å². The molecule has 5 nitrogen and oxygen atoms in total. The van der Waals surface area contributed by atoms with Crippen LogP contribution in [-0.4, -0.2) is 29.1 Å². The van der Waals surface area contributed by atoms with Crippen molar-refractivity contribution in [1.82, 2.24) is 10.3 Å². The lowest BCUT2D eigenvalue weighted by Gasteiger charge is -2.32. The van der Waals surface area contributed by atoms with Gasteiger partial charge >= 0.3 is 0 Å². The number of pyridine rings is 1. The number of ether oxygens (including phenoxy) is 1. The molecule has 1 aromatic rings. The largest absolute Gasteiger partial charge is 0.373 e. The number of aromatic amines is 1. The predicted octanol–water partition coefficient (Wildman–Crippen LogP) is 1.90. The minimum atomic E-state index is -0.225. The van der Waals surface area contributed by atoms with Gasteiger partial charge in [0.1, 0.15) is 5.69 Å². The van der Waals surface area contributed by atoms with Crippen molar-refractivity contribution in [2.45, 2.75) is 57.1 Å². The Morgan fingerprint density at radius 1 is 1.33 bits per heavy atom. The molecule has 21 heavy (non-hydrogen) atoms. The van der Waals surface area contributed by atoms with E-state index in [1.54, 1.807) is 6.92 Å². The van der Waals surface area contributed by atoms with Gasteiger partial charge in [-0.1, -0.05) is 19.3 Å². The van der Waals surface area contributed by atoms with Crippen LogP contribution in [0.1, 0.15) is 54.7 Å². The number of rotatable bonds is 2. The summed E-state index contributed by atoms with van der Waals surface area (Å²) in [6.45, 7) is 2.34. The van der Waals surface area contributed by atoms with Crippen LogP contribution in [0.25, 0.3) is 0 Å². The van der Waals surface area contributed by atoms with Crippen LogP contribution < -0.4 is 10.7 Å². The third-order valence-corrected chi connectivity index (χ3v) is 4.53. The van der Waals surface area contributed by atoms with Gasteiger partial charge in [-0.05, 0) is 26.2 Å². The number of H-pyrrole nitrogens is 1. The average molecular weight is 290 g/mol. The SMILES string of the molecule is Cc1cc(=O)cc(C(=O)N[C@@H]2COC3(CCCCC3)C2)[nH]1. The second-order valence-electron chi connectivity index (χ2n) is 6.34. The standard InChI is InChI=1S/C16H22N2O3/c1-11-7-13(19)8-14(17-11)15(20)18-12-9-16(21-10-12)5-3-2-4-6-16/h7-8,12H,2-6,9-10H2,1H3,(H,17,19)(H,18,20)/t12-/m0/s1. The molecule has 5 heteroatoms. The lowest BCUT2D eigenvalue weighted by molar-refractivity contribution is -0.0246. The van der Waals surface area contributed by atoms with Crippen LogP contribution in [0.15, 0.2) is 16.9 Å². The fraction of sp³-hybridized carbons (Fsp3) is 0.625. The predicted molar refractivity (Wildman–Crippen MR) is 79.4 cm³/mol. The van der Waals surface area contributed by atoms with Crippen molar-refractivity contribution >= 4 is 5.91 Å². The summed E-state index contributed by atoms with van der Waals surface area (Å²) < 4.78 is 5.99. The van der Waals surface area contributed by atoms with E-state index < -0.39 is 0 Å². The zero-order valence-corrected chi connectivity index (χ0v) is 12.4. The number of hydrogen-bond donors (Lipinski definition) is 2. The molecular weight excluding hydrogens is 268 g/mol. The van der Waals surface area contributed by atoms with Gasteiger partial charge < -0.3 is 15.0 Å². The highest BCUT2D eigenvalue weighted by Gasteiger charge is 2.41. The van der Waals surface area contributed by atoms with Crippen molar-refractivity contribution in [2.75, 3.05) is 6.61 Å². The first-order chi connectivity index (χ1) is 10.1. The highest BCUT2D eigenvalue weighted by molar-refractivity contribution is 5.92. The van der Waals surface area contributed by atoms with Crippen molar-refractivity contribution in [3.05, 3.63) is 33.7 Å². The maximum Gasteiger partial charge on any atom is 0.268 e. The molecule has 1 aliphatic heterocycles. The first-order valence-corrected chi connectivity index (χ1v) is 7.72. The Morgan fingerprint density at radius 2 is 2.10 bits per heavy atom. The second-order valence-corrected chi connectivity index (χ2v) is 6.34. The zero-order chi connectivity index (χ0) is 14.9. The first kappa shape index (κ1) is 14.3. The average Bonchev–Trinajstić information content (AvgIpc) is 2.81. The van der Waals surface area contributed by atoms with Gasteiger partial charge in [-0.3, -0.25) is 9.59 Å². The molecular formula is C16H22N2O3. The molecule has 1 spiro atoms. The summed E-state index contributed by atoms with van der Waals surface area (Å²) >= 11 is 0. The van der Waals surface area contributed by atoms with Crippen LogP contribution in [0.2, 0.25) is 0 Å². The molecule has 1 aliphatic carbocycles. The molecule has 0 unspecified atom stereocenters. The van der Waals surface area contributed by atoms with E-state index in [2.05, 4.69) is 10.3 Å². The number of nitrogens with one attached hydrogen (secondary N) is 2. The zero-order valence-electron chi connectivity index (χ0n) is 12.4. The lowest BCUT2D eigenvalue weighted by Crippen LogP contribution is -2.38. The quantitative estimate of drug-likeness (QED) is 0.874. The van der Waals surface area contributed by atoms with Crippen LogP contribution in [0.3, 0.4) is 0 Å². The summed E-state index contributed by atoms with van der Waals surface area (Å²) in [7, 11) is 0. The maximum atomic E-state index is 12.2. The van der Waals surface area contributed by atoms with Crippen LogP contribution >= 0.6 is 0 Å². The number of aromatic nitrogens is 1. The Labute approximate surface area is 124 Å². The van der Waals surface area contributed by atoms with Gasteiger partial charge in [0.25, 0.3) is 5.91 Å². The molecule has 1 saturated carbocycles. The van der Waals surface area contributed by atoms with Gasteiger partial charge in [0.15, 0.2) is 5.43 Å². The van der Waals surface area contributed by atoms with E-state index in [0.29, 0.717) is 18.0 Å². The van der Waals surface area contributed by atoms with E-state index >= 15 is 0 Å². The van der Waals surface area contributed by atoms with Crippen molar-refractivity contribution in [3.63, 3.8) is 0 Å². The van der Waals surface area contributed by atoms with Crippen molar-refractivity contribution < 1.29 is 9.53 Å². The summed E-state index contributed by atoms with van der Waals surface area (Å²) in [4.78, 5) is 26.6. The van der Waals surface area contributed by atoms with E-state index in [4.69, 9.17) is 4.74 Å². The molecule has 1 saturated heterocycles. The fourth-order valence-electron chi connectivity index (χ4n) is 3.55. The third-order valence-electron chi connectivity index (χ3n) is 4.53. The molecule has 0 aromatic carbocycles. The Bertz CT molecular complexity index is 587. The summed E-state index contributed by atoms with van der Waals surface area (Å²) in [5, 5.41) is 2.99. The van der Waals surface area contributed by atoms with Gasteiger partial charge in [-0.2, -0.15) is 0 Å². The molecule has 2 heterocycles. The Morgan fingerprint density at radius 3 is 2.81 bits per heavy atom. The summed E-state index contributed by atoms with van der Waals surface area (Å²) in [6.07, 6.45) is 6.79. The van der Waals surface area contributed by atoms with E-state index in [1.165, 1.54) is 31.4 Å². The molecule has 2 N–H and O–H groups in total. The summed E-state index contributed by atoms with van der Waals surface area (Å²) in [6, 6.07) is 2.86. The van der Waals surface area contributed by atoms with E-state index in [-0.39, 0.29) is 23.0 Å². The minimum absolute atomic E-state index is 0.0176. The minimum Gasteiger partial charge on any atom is -0.373 e. The molecule has 114 valence electrons. The van der Waals surface area contributed by atoms with E-state index in [9.17, 15) is 9.59 Å². The fourth-order valence-corrected chi connectivity index (χ4v) is 3.55. The van der Waals surface area contributed by atoms with Gasteiger partial charge in [-0.15, -0.1) is 0 Å². The lowest BCUT2D eigenvalue weighted by atomic mass is 9.82. The van der Waals surface area contributed by atoms with Crippen LogP contribution in [-0.2, 0) is 4.74 Å². The van der Waals surface area contributed by atoms with Crippen molar-refractivity contribution in [3.8, 4) is 0 Å². The number of amides is 1. The molecule has 1 amide bonds. The molecule has 2 fully saturated rings. The molecule has 1 atom stereocenters. The molecule has 0 radical (unpaired) electrons. The Hall–Kier alpha value is -1.62. The summed E-state index contributed by atoms with van der Waals surface area (Å²) in [5.41, 5.74) is 0.849. The molecule has 1 aromatic heterocycles. The summed E-state index contributed by atoms with van der Waals surface area (Å²) in [5.74, 6) is -0.225. The van der Waals surface area contributed by atoms with Gasteiger partial charge in [0, 0.05) is 17.8 Å². The van der Waals surface area contributed by atoms with Crippen LogP contribution in [0.5, 0.6) is 0 Å². The third kappa shape index (κ3) is 3.18. The second kappa shape index (κ2) is 5.64. The molecule has 0 bridgehead atoms. The monoisotopic (exact) mass is 290 g/mol. The first-order valence-electron chi connectivity index (χ1n) is 7.72.